The SMILES string of the molecule is O=C(/N=C1\C2CCCCC2NC(=O)N1Cc1cccs1)Nc1ccc2c(c1)OCO2. The number of amidine groups is 1. The maximum Gasteiger partial charge on any atom is 0.347 e. The zero-order valence-electron chi connectivity index (χ0n) is 16.3. The van der Waals surface area contributed by atoms with Crippen molar-refractivity contribution in [2.24, 2.45) is 10.9 Å². The summed E-state index contributed by atoms with van der Waals surface area (Å²) in [5.74, 6) is 1.83. The zero-order valence-corrected chi connectivity index (χ0v) is 17.1. The van der Waals surface area contributed by atoms with Gasteiger partial charge in [0.2, 0.25) is 6.79 Å². The number of nitrogens with one attached hydrogen (secondary N) is 2. The van der Waals surface area contributed by atoms with Crippen LogP contribution >= 0.6 is 11.3 Å². The number of benzene rings is 1. The van der Waals surface area contributed by atoms with Gasteiger partial charge in [0.05, 0.1) is 6.54 Å². The average molecular weight is 426 g/mol. The van der Waals surface area contributed by atoms with Crippen molar-refractivity contribution in [2.45, 2.75) is 38.3 Å². The molecule has 0 spiro atoms. The van der Waals surface area contributed by atoms with Crippen LogP contribution in [0.4, 0.5) is 15.3 Å². The molecule has 4 amide bonds. The first-order valence-electron chi connectivity index (χ1n) is 10.1. The third kappa shape index (κ3) is 3.72. The molecule has 2 aliphatic heterocycles. The number of carbonyl (C=O) groups is 2. The maximum atomic E-state index is 12.8. The predicted molar refractivity (Wildman–Crippen MR) is 113 cm³/mol. The maximum absolute atomic E-state index is 12.8. The second kappa shape index (κ2) is 7.98. The summed E-state index contributed by atoms with van der Waals surface area (Å²) in [6, 6.07) is 8.47. The molecule has 9 heteroatoms. The molecule has 2 N–H and O–H groups in total. The summed E-state index contributed by atoms with van der Waals surface area (Å²) in [5, 5.41) is 7.88. The molecular formula is C21H22N4O4S. The van der Waals surface area contributed by atoms with Gasteiger partial charge < -0.3 is 20.1 Å². The summed E-state index contributed by atoms with van der Waals surface area (Å²) in [4.78, 5) is 32.7. The first-order valence-corrected chi connectivity index (χ1v) is 10.9. The Hall–Kier alpha value is -3.07. The number of nitrogens with zero attached hydrogens (tertiary/aromatic N) is 2. The normalized spacial score (nSPS) is 23.8. The fourth-order valence-corrected chi connectivity index (χ4v) is 4.93. The first kappa shape index (κ1) is 18.9. The fourth-order valence-electron chi connectivity index (χ4n) is 4.24. The van der Waals surface area contributed by atoms with E-state index in [1.807, 2.05) is 17.5 Å². The van der Waals surface area contributed by atoms with Crippen LogP contribution in [0.1, 0.15) is 30.6 Å². The molecule has 2 unspecified atom stereocenters. The largest absolute Gasteiger partial charge is 0.454 e. The quantitative estimate of drug-likeness (QED) is 0.770. The molecule has 1 aromatic carbocycles. The number of amides is 4. The van der Waals surface area contributed by atoms with E-state index in [-0.39, 0.29) is 24.8 Å². The highest BCUT2D eigenvalue weighted by atomic mass is 32.1. The molecule has 3 aliphatic rings. The van der Waals surface area contributed by atoms with E-state index in [9.17, 15) is 9.59 Å². The van der Waals surface area contributed by atoms with Gasteiger partial charge in [-0.1, -0.05) is 18.9 Å². The Morgan fingerprint density at radius 3 is 2.97 bits per heavy atom. The van der Waals surface area contributed by atoms with Crippen molar-refractivity contribution in [3.8, 4) is 11.5 Å². The minimum absolute atomic E-state index is 0.0305. The van der Waals surface area contributed by atoms with Crippen molar-refractivity contribution < 1.29 is 19.1 Å². The van der Waals surface area contributed by atoms with Gasteiger partial charge >= 0.3 is 12.1 Å². The smallest absolute Gasteiger partial charge is 0.347 e. The first-order chi connectivity index (χ1) is 14.7. The van der Waals surface area contributed by atoms with E-state index in [4.69, 9.17) is 9.47 Å². The molecule has 1 aromatic heterocycles. The average Bonchev–Trinajstić information content (AvgIpc) is 3.42. The van der Waals surface area contributed by atoms with E-state index in [1.54, 1.807) is 34.4 Å². The minimum atomic E-state index is -0.501. The Morgan fingerprint density at radius 2 is 2.10 bits per heavy atom. The predicted octanol–water partition coefficient (Wildman–Crippen LogP) is 4.19. The summed E-state index contributed by atoms with van der Waals surface area (Å²) in [6.07, 6.45) is 3.95. The fraction of sp³-hybridized carbons (Fsp3) is 0.381. The zero-order chi connectivity index (χ0) is 20.5. The van der Waals surface area contributed by atoms with Crippen LogP contribution in [-0.4, -0.2) is 35.6 Å². The van der Waals surface area contributed by atoms with Crippen LogP contribution in [0.15, 0.2) is 40.7 Å². The third-order valence-electron chi connectivity index (χ3n) is 5.66. The van der Waals surface area contributed by atoms with Crippen molar-refractivity contribution in [3.05, 3.63) is 40.6 Å². The van der Waals surface area contributed by atoms with Gasteiger partial charge in [-0.25, -0.2) is 9.59 Å². The van der Waals surface area contributed by atoms with E-state index in [0.29, 0.717) is 29.6 Å². The molecule has 1 saturated heterocycles. The van der Waals surface area contributed by atoms with Crippen molar-refractivity contribution >= 4 is 34.9 Å². The Labute approximate surface area is 177 Å². The highest BCUT2D eigenvalue weighted by molar-refractivity contribution is 7.09. The summed E-state index contributed by atoms with van der Waals surface area (Å²) in [6.45, 7) is 0.577. The van der Waals surface area contributed by atoms with Crippen LogP contribution in [0.2, 0.25) is 0 Å². The summed E-state index contributed by atoms with van der Waals surface area (Å²) in [5.41, 5.74) is 0.568. The number of urea groups is 2. The van der Waals surface area contributed by atoms with Crippen molar-refractivity contribution in [2.75, 3.05) is 12.1 Å². The minimum Gasteiger partial charge on any atom is -0.454 e. The number of hydrogen-bond donors (Lipinski definition) is 2. The van der Waals surface area contributed by atoms with E-state index in [0.717, 1.165) is 30.6 Å². The van der Waals surface area contributed by atoms with Gasteiger partial charge in [-0.05, 0) is 36.4 Å². The number of thiophene rings is 1. The van der Waals surface area contributed by atoms with Crippen LogP contribution < -0.4 is 20.1 Å². The number of carbonyl (C=O) groups excluding carboxylic acids is 2. The molecule has 5 rings (SSSR count). The van der Waals surface area contributed by atoms with Crippen LogP contribution in [0, 0.1) is 5.92 Å². The summed E-state index contributed by atoms with van der Waals surface area (Å²) in [7, 11) is 0. The molecule has 0 radical (unpaired) electrons. The van der Waals surface area contributed by atoms with E-state index in [2.05, 4.69) is 15.6 Å². The molecule has 30 heavy (non-hydrogen) atoms. The van der Waals surface area contributed by atoms with E-state index in [1.165, 1.54) is 0 Å². The lowest BCUT2D eigenvalue weighted by Gasteiger charge is -2.42. The van der Waals surface area contributed by atoms with Gasteiger partial charge in [-0.3, -0.25) is 4.90 Å². The number of rotatable bonds is 3. The second-order valence-corrected chi connectivity index (χ2v) is 8.61. The van der Waals surface area contributed by atoms with Crippen molar-refractivity contribution in [3.63, 3.8) is 0 Å². The Bertz CT molecular complexity index is 991. The second-order valence-electron chi connectivity index (χ2n) is 7.58. The highest BCUT2D eigenvalue weighted by Crippen LogP contribution is 2.35. The van der Waals surface area contributed by atoms with Gasteiger partial charge in [0.25, 0.3) is 0 Å². The lowest BCUT2D eigenvalue weighted by molar-refractivity contribution is 0.174. The number of aliphatic imine (C=N–C) groups is 1. The molecule has 1 aliphatic carbocycles. The Morgan fingerprint density at radius 1 is 1.23 bits per heavy atom. The van der Waals surface area contributed by atoms with Crippen LogP contribution in [0.3, 0.4) is 0 Å². The number of ether oxygens (including phenoxy) is 2. The van der Waals surface area contributed by atoms with Crippen LogP contribution in [0.5, 0.6) is 11.5 Å². The molecule has 156 valence electrons. The van der Waals surface area contributed by atoms with E-state index >= 15 is 0 Å². The van der Waals surface area contributed by atoms with E-state index < -0.39 is 6.03 Å². The van der Waals surface area contributed by atoms with Gasteiger partial charge in [-0.15, -0.1) is 11.3 Å². The van der Waals surface area contributed by atoms with Crippen molar-refractivity contribution in [1.82, 2.24) is 10.2 Å². The van der Waals surface area contributed by atoms with Crippen LogP contribution in [0.25, 0.3) is 0 Å². The molecule has 2 aromatic rings. The summed E-state index contributed by atoms with van der Waals surface area (Å²) >= 11 is 1.58. The molecule has 1 saturated carbocycles. The lowest BCUT2D eigenvalue weighted by Crippen LogP contribution is -2.60. The number of anilines is 1. The van der Waals surface area contributed by atoms with Gasteiger partial charge in [-0.2, -0.15) is 4.99 Å². The van der Waals surface area contributed by atoms with Crippen LogP contribution in [-0.2, 0) is 6.54 Å². The summed E-state index contributed by atoms with van der Waals surface area (Å²) < 4.78 is 10.7. The Balaban J connectivity index is 1.41. The Kier molecular flexibility index (Phi) is 5.04. The molecule has 8 nitrogen and oxygen atoms in total. The van der Waals surface area contributed by atoms with Gasteiger partial charge in [0.15, 0.2) is 11.5 Å². The number of fused-ring (bicyclic) bond motifs is 2. The third-order valence-corrected chi connectivity index (χ3v) is 6.52. The lowest BCUT2D eigenvalue weighted by atomic mass is 9.82. The molecule has 2 atom stereocenters. The standard InChI is InChI=1S/C21H22N4O4S/c26-20(22-13-7-8-17-18(10-13)29-12-28-17)24-19-15-5-1-2-6-16(15)23-21(27)25(19)11-14-4-3-9-30-14/h3-4,7-10,15-16H,1-2,5-6,11-12H2,(H,22,26)(H,23,27)/b24-19+. The molecular weight excluding hydrogens is 404 g/mol. The topological polar surface area (TPSA) is 92.3 Å². The molecule has 2 fully saturated rings. The highest BCUT2D eigenvalue weighted by Gasteiger charge is 2.40. The number of hydrogen-bond acceptors (Lipinski definition) is 5. The molecule has 0 bridgehead atoms. The van der Waals surface area contributed by atoms with Gasteiger partial charge in [0, 0.05) is 28.6 Å². The van der Waals surface area contributed by atoms with Crippen molar-refractivity contribution in [1.29, 1.82) is 0 Å². The monoisotopic (exact) mass is 426 g/mol. The molecule has 3 heterocycles. The van der Waals surface area contributed by atoms with Gasteiger partial charge in [0.1, 0.15) is 5.84 Å².